The van der Waals surface area contributed by atoms with Crippen LogP contribution in [0.5, 0.6) is 5.75 Å². The van der Waals surface area contributed by atoms with Crippen LogP contribution >= 0.6 is 0 Å². The van der Waals surface area contributed by atoms with Gasteiger partial charge in [-0.3, -0.25) is 0 Å². The largest absolute Gasteiger partial charge is 0.491 e. The maximum atomic E-state index is 8.62. The molecular formula is C15H19NO3. The Hall–Kier alpha value is -1.54. The van der Waals surface area contributed by atoms with Crippen LogP contribution in [0.1, 0.15) is 5.56 Å². The van der Waals surface area contributed by atoms with E-state index in [1.54, 1.807) is 0 Å². The molecule has 102 valence electrons. The van der Waals surface area contributed by atoms with Gasteiger partial charge in [-0.2, -0.15) is 0 Å². The molecule has 1 atom stereocenters. The van der Waals surface area contributed by atoms with Gasteiger partial charge in [0, 0.05) is 18.7 Å². The summed E-state index contributed by atoms with van der Waals surface area (Å²) in [4.78, 5) is 2.24. The standard InChI is InChI=1S/C15H19NO3/c1-16-8-10-18-15(11-16)12-19-14-6-4-13(5-7-14)3-2-9-17/h4-7,15,17H,8-12H2,1H3. The predicted octanol–water partition coefficient (Wildman–Crippen LogP) is 0.740. The van der Waals surface area contributed by atoms with Crippen molar-refractivity contribution in [2.24, 2.45) is 0 Å². The molecule has 0 amide bonds. The van der Waals surface area contributed by atoms with Gasteiger partial charge < -0.3 is 19.5 Å². The Balaban J connectivity index is 1.82. The van der Waals surface area contributed by atoms with Crippen LogP contribution in [0, 0.1) is 11.8 Å². The molecular weight excluding hydrogens is 242 g/mol. The topological polar surface area (TPSA) is 41.9 Å². The molecule has 1 aromatic carbocycles. The highest BCUT2D eigenvalue weighted by Crippen LogP contribution is 2.13. The number of rotatable bonds is 3. The summed E-state index contributed by atoms with van der Waals surface area (Å²) in [5.41, 5.74) is 0.870. The molecule has 1 saturated heterocycles. The van der Waals surface area contributed by atoms with Gasteiger partial charge in [0.15, 0.2) is 0 Å². The average molecular weight is 261 g/mol. The molecule has 0 spiro atoms. The van der Waals surface area contributed by atoms with Gasteiger partial charge in [-0.25, -0.2) is 0 Å². The number of aliphatic hydroxyl groups is 1. The summed E-state index contributed by atoms with van der Waals surface area (Å²) in [5, 5.41) is 8.62. The van der Waals surface area contributed by atoms with Gasteiger partial charge in [0.05, 0.1) is 6.61 Å². The van der Waals surface area contributed by atoms with Crippen LogP contribution in [0.3, 0.4) is 0 Å². The minimum atomic E-state index is -0.120. The van der Waals surface area contributed by atoms with Crippen LogP contribution in [-0.2, 0) is 4.74 Å². The van der Waals surface area contributed by atoms with Crippen molar-refractivity contribution in [2.45, 2.75) is 6.10 Å². The van der Waals surface area contributed by atoms with Crippen molar-refractivity contribution in [3.05, 3.63) is 29.8 Å². The van der Waals surface area contributed by atoms with Gasteiger partial charge in [-0.15, -0.1) is 0 Å². The Morgan fingerprint density at radius 2 is 2.21 bits per heavy atom. The summed E-state index contributed by atoms with van der Waals surface area (Å²) in [6, 6.07) is 7.53. The van der Waals surface area contributed by atoms with Gasteiger partial charge in [0.2, 0.25) is 0 Å². The Bertz CT molecular complexity index is 447. The number of benzene rings is 1. The highest BCUT2D eigenvalue weighted by Gasteiger charge is 2.17. The first-order chi connectivity index (χ1) is 9.28. The van der Waals surface area contributed by atoms with Gasteiger partial charge >= 0.3 is 0 Å². The quantitative estimate of drug-likeness (QED) is 0.815. The van der Waals surface area contributed by atoms with E-state index in [2.05, 4.69) is 23.8 Å². The lowest BCUT2D eigenvalue weighted by atomic mass is 10.2. The van der Waals surface area contributed by atoms with E-state index >= 15 is 0 Å². The monoisotopic (exact) mass is 261 g/mol. The Labute approximate surface area is 113 Å². The van der Waals surface area contributed by atoms with Crippen LogP contribution in [0.15, 0.2) is 24.3 Å². The lowest BCUT2D eigenvalue weighted by Gasteiger charge is -2.29. The van der Waals surface area contributed by atoms with Crippen molar-refractivity contribution in [1.82, 2.24) is 4.90 Å². The number of morpholine rings is 1. The second-order valence-electron chi connectivity index (χ2n) is 4.55. The SMILES string of the molecule is CN1CCOC(COc2ccc(C#CCO)cc2)C1. The Morgan fingerprint density at radius 1 is 1.42 bits per heavy atom. The molecule has 1 heterocycles. The third-order valence-electron chi connectivity index (χ3n) is 2.94. The number of ether oxygens (including phenoxy) is 2. The highest BCUT2D eigenvalue weighted by molar-refractivity contribution is 5.38. The van der Waals surface area contributed by atoms with Crippen LogP contribution in [-0.4, -0.2) is 56.1 Å². The Kier molecular flexibility index (Phi) is 5.22. The second kappa shape index (κ2) is 7.15. The zero-order valence-corrected chi connectivity index (χ0v) is 11.1. The van der Waals surface area contributed by atoms with E-state index in [4.69, 9.17) is 14.6 Å². The number of likely N-dealkylation sites (N-methyl/N-ethyl adjacent to an activating group) is 1. The van der Waals surface area contributed by atoms with Crippen molar-refractivity contribution < 1.29 is 14.6 Å². The fraction of sp³-hybridized carbons (Fsp3) is 0.467. The summed E-state index contributed by atoms with van der Waals surface area (Å²) in [6.45, 7) is 3.09. The molecule has 0 aromatic heterocycles. The fourth-order valence-electron chi connectivity index (χ4n) is 1.93. The smallest absolute Gasteiger partial charge is 0.119 e. The van der Waals surface area contributed by atoms with E-state index in [1.165, 1.54) is 0 Å². The van der Waals surface area contributed by atoms with E-state index in [-0.39, 0.29) is 12.7 Å². The summed E-state index contributed by atoms with van der Waals surface area (Å²) >= 11 is 0. The van der Waals surface area contributed by atoms with Crippen LogP contribution in [0.2, 0.25) is 0 Å². The van der Waals surface area contributed by atoms with E-state index in [1.807, 2.05) is 24.3 Å². The highest BCUT2D eigenvalue weighted by atomic mass is 16.5. The third-order valence-corrected chi connectivity index (χ3v) is 2.94. The van der Waals surface area contributed by atoms with E-state index in [0.29, 0.717) is 6.61 Å². The molecule has 19 heavy (non-hydrogen) atoms. The number of hydrogen-bond acceptors (Lipinski definition) is 4. The molecule has 0 bridgehead atoms. The molecule has 1 aromatic rings. The fourth-order valence-corrected chi connectivity index (χ4v) is 1.93. The maximum Gasteiger partial charge on any atom is 0.119 e. The second-order valence-corrected chi connectivity index (χ2v) is 4.55. The summed E-state index contributed by atoms with van der Waals surface area (Å²) in [5.74, 6) is 6.27. The van der Waals surface area contributed by atoms with E-state index in [9.17, 15) is 0 Å². The minimum absolute atomic E-state index is 0.120. The van der Waals surface area contributed by atoms with Gasteiger partial charge in [-0.1, -0.05) is 11.8 Å². The molecule has 0 radical (unpaired) electrons. The number of hydrogen-bond donors (Lipinski definition) is 1. The molecule has 1 unspecified atom stereocenters. The predicted molar refractivity (Wildman–Crippen MR) is 73.1 cm³/mol. The molecule has 1 fully saturated rings. The van der Waals surface area contributed by atoms with Gasteiger partial charge in [0.1, 0.15) is 25.1 Å². The summed E-state index contributed by atoms with van der Waals surface area (Å²) in [7, 11) is 2.09. The lowest BCUT2D eigenvalue weighted by molar-refractivity contribution is -0.0403. The van der Waals surface area contributed by atoms with Crippen molar-refractivity contribution in [2.75, 3.05) is 40.0 Å². The van der Waals surface area contributed by atoms with Gasteiger partial charge in [0.25, 0.3) is 0 Å². The first-order valence-corrected chi connectivity index (χ1v) is 6.40. The van der Waals surface area contributed by atoms with E-state index < -0.39 is 0 Å². The molecule has 0 saturated carbocycles. The summed E-state index contributed by atoms with van der Waals surface area (Å²) < 4.78 is 11.3. The number of nitrogens with zero attached hydrogens (tertiary/aromatic N) is 1. The molecule has 1 N–H and O–H groups in total. The zero-order chi connectivity index (χ0) is 13.5. The molecule has 1 aliphatic rings. The first kappa shape index (κ1) is 13.9. The molecule has 4 heteroatoms. The van der Waals surface area contributed by atoms with Crippen molar-refractivity contribution >= 4 is 0 Å². The maximum absolute atomic E-state index is 8.62. The minimum Gasteiger partial charge on any atom is -0.491 e. The first-order valence-electron chi connectivity index (χ1n) is 6.40. The van der Waals surface area contributed by atoms with Crippen LogP contribution in [0.25, 0.3) is 0 Å². The average Bonchev–Trinajstić information content (AvgIpc) is 2.44. The van der Waals surface area contributed by atoms with Gasteiger partial charge in [-0.05, 0) is 31.3 Å². The molecule has 0 aliphatic carbocycles. The number of aliphatic hydroxyl groups excluding tert-OH is 1. The summed E-state index contributed by atoms with van der Waals surface area (Å²) in [6.07, 6.45) is 0.132. The van der Waals surface area contributed by atoms with Crippen molar-refractivity contribution in [3.8, 4) is 17.6 Å². The van der Waals surface area contributed by atoms with Crippen LogP contribution in [0.4, 0.5) is 0 Å². The lowest BCUT2D eigenvalue weighted by Crippen LogP contribution is -2.42. The third kappa shape index (κ3) is 4.56. The van der Waals surface area contributed by atoms with Crippen molar-refractivity contribution in [1.29, 1.82) is 0 Å². The zero-order valence-electron chi connectivity index (χ0n) is 11.1. The molecule has 1 aliphatic heterocycles. The normalized spacial score (nSPS) is 19.6. The van der Waals surface area contributed by atoms with Crippen molar-refractivity contribution in [3.63, 3.8) is 0 Å². The Morgan fingerprint density at radius 3 is 2.89 bits per heavy atom. The molecule has 2 rings (SSSR count). The van der Waals surface area contributed by atoms with Crippen LogP contribution < -0.4 is 4.74 Å². The molecule has 4 nitrogen and oxygen atoms in total. The van der Waals surface area contributed by atoms with E-state index in [0.717, 1.165) is 31.0 Å².